The van der Waals surface area contributed by atoms with E-state index in [1.165, 1.54) is 0 Å². The van der Waals surface area contributed by atoms with Crippen LogP contribution in [-0.2, 0) is 9.53 Å². The lowest BCUT2D eigenvalue weighted by Crippen LogP contribution is -2.31. The Labute approximate surface area is 76.3 Å². The van der Waals surface area contributed by atoms with E-state index in [9.17, 15) is 13.6 Å². The first-order valence-corrected chi connectivity index (χ1v) is 4.51. The summed E-state index contributed by atoms with van der Waals surface area (Å²) in [5.74, 6) is 0.341. The molecule has 13 heavy (non-hydrogen) atoms. The van der Waals surface area contributed by atoms with E-state index in [1.807, 2.05) is 6.92 Å². The number of halogens is 2. The van der Waals surface area contributed by atoms with Gasteiger partial charge in [0.05, 0.1) is 6.10 Å². The van der Waals surface area contributed by atoms with Gasteiger partial charge in [0, 0.05) is 12.8 Å². The van der Waals surface area contributed by atoms with E-state index in [0.29, 0.717) is 12.8 Å². The fourth-order valence-electron chi connectivity index (χ4n) is 1.52. The molecule has 0 aromatic carbocycles. The molecule has 2 unspecified atom stereocenters. The van der Waals surface area contributed by atoms with E-state index in [2.05, 4.69) is 0 Å². The zero-order valence-corrected chi connectivity index (χ0v) is 7.63. The maximum atomic E-state index is 11.8. The molecule has 4 heteroatoms. The number of hydrogen-bond donors (Lipinski definition) is 0. The molecule has 0 aromatic heterocycles. The molecular weight excluding hydrogens is 178 g/mol. The normalized spacial score (nSPS) is 29.7. The summed E-state index contributed by atoms with van der Waals surface area (Å²) in [6.07, 6.45) is -1.12. The summed E-state index contributed by atoms with van der Waals surface area (Å²) in [5, 5.41) is 0. The van der Waals surface area contributed by atoms with Crippen molar-refractivity contribution in [1.29, 1.82) is 0 Å². The molecular formula is C9H14F2O2. The third-order valence-electron chi connectivity index (χ3n) is 2.38. The maximum Gasteiger partial charge on any atom is 0.261 e. The zero-order chi connectivity index (χ0) is 9.84. The van der Waals surface area contributed by atoms with Crippen LogP contribution in [-0.4, -0.2) is 24.9 Å². The molecule has 0 aliphatic heterocycles. The lowest BCUT2D eigenvalue weighted by atomic mass is 9.87. The van der Waals surface area contributed by atoms with Crippen molar-refractivity contribution in [2.24, 2.45) is 5.92 Å². The Kier molecular flexibility index (Phi) is 3.78. The standard InChI is InChI=1S/C9H14F2O2/c1-6-2-3-7(12)4-8(6)13-5-9(10)11/h6,8-9H,2-5H2,1H3. The van der Waals surface area contributed by atoms with Gasteiger partial charge >= 0.3 is 0 Å². The molecule has 1 rings (SSSR count). The largest absolute Gasteiger partial charge is 0.372 e. The van der Waals surface area contributed by atoms with Gasteiger partial charge in [0.1, 0.15) is 12.4 Å². The van der Waals surface area contributed by atoms with Crippen molar-refractivity contribution < 1.29 is 18.3 Å². The molecule has 1 aliphatic carbocycles. The van der Waals surface area contributed by atoms with Gasteiger partial charge in [-0.1, -0.05) is 6.92 Å². The summed E-state index contributed by atoms with van der Waals surface area (Å²) in [5.41, 5.74) is 0. The molecule has 0 amide bonds. The van der Waals surface area contributed by atoms with Crippen molar-refractivity contribution in [3.8, 4) is 0 Å². The highest BCUT2D eigenvalue weighted by atomic mass is 19.3. The first-order chi connectivity index (χ1) is 6.09. The van der Waals surface area contributed by atoms with Crippen molar-refractivity contribution >= 4 is 5.78 Å². The van der Waals surface area contributed by atoms with Gasteiger partial charge in [0.25, 0.3) is 6.43 Å². The molecule has 0 heterocycles. The van der Waals surface area contributed by atoms with Crippen LogP contribution < -0.4 is 0 Å². The Morgan fingerprint density at radius 3 is 2.92 bits per heavy atom. The summed E-state index contributed by atoms with van der Waals surface area (Å²) in [7, 11) is 0. The molecule has 0 N–H and O–H groups in total. The highest BCUT2D eigenvalue weighted by molar-refractivity contribution is 5.79. The first kappa shape index (κ1) is 10.6. The number of ketones is 1. The molecule has 1 aliphatic rings. The van der Waals surface area contributed by atoms with E-state index in [0.717, 1.165) is 6.42 Å². The van der Waals surface area contributed by atoms with E-state index in [-0.39, 0.29) is 17.8 Å². The van der Waals surface area contributed by atoms with Gasteiger partial charge < -0.3 is 4.74 Å². The van der Waals surface area contributed by atoms with Crippen molar-refractivity contribution in [1.82, 2.24) is 0 Å². The number of ether oxygens (including phenoxy) is 1. The molecule has 0 saturated heterocycles. The van der Waals surface area contributed by atoms with Gasteiger partial charge in [-0.15, -0.1) is 0 Å². The smallest absolute Gasteiger partial charge is 0.261 e. The highest BCUT2D eigenvalue weighted by Crippen LogP contribution is 2.24. The quantitative estimate of drug-likeness (QED) is 0.683. The monoisotopic (exact) mass is 192 g/mol. The summed E-state index contributed by atoms with van der Waals surface area (Å²) >= 11 is 0. The van der Waals surface area contributed by atoms with Crippen molar-refractivity contribution in [3.63, 3.8) is 0 Å². The second-order valence-electron chi connectivity index (χ2n) is 3.52. The second-order valence-corrected chi connectivity index (χ2v) is 3.52. The fraction of sp³-hybridized carbons (Fsp3) is 0.889. The highest BCUT2D eigenvalue weighted by Gasteiger charge is 2.27. The van der Waals surface area contributed by atoms with Gasteiger partial charge in [0.15, 0.2) is 0 Å². The molecule has 1 fully saturated rings. The average molecular weight is 192 g/mol. The van der Waals surface area contributed by atoms with Gasteiger partial charge in [-0.25, -0.2) is 8.78 Å². The molecule has 0 aromatic rings. The van der Waals surface area contributed by atoms with Gasteiger partial charge in [0.2, 0.25) is 0 Å². The predicted octanol–water partition coefficient (Wildman–Crippen LogP) is 2.03. The van der Waals surface area contributed by atoms with Crippen molar-refractivity contribution in [2.75, 3.05) is 6.61 Å². The zero-order valence-electron chi connectivity index (χ0n) is 7.63. The van der Waals surface area contributed by atoms with Gasteiger partial charge in [-0.3, -0.25) is 4.79 Å². The van der Waals surface area contributed by atoms with Crippen molar-refractivity contribution in [3.05, 3.63) is 0 Å². The van der Waals surface area contributed by atoms with Crippen LogP contribution in [0.25, 0.3) is 0 Å². The molecule has 2 nitrogen and oxygen atoms in total. The van der Waals surface area contributed by atoms with Crippen LogP contribution in [0.5, 0.6) is 0 Å². The van der Waals surface area contributed by atoms with E-state index >= 15 is 0 Å². The second kappa shape index (κ2) is 4.65. The Balaban J connectivity index is 2.33. The fourth-order valence-corrected chi connectivity index (χ4v) is 1.52. The SMILES string of the molecule is CC1CCC(=O)CC1OCC(F)F. The number of carbonyl (C=O) groups excluding carboxylic acids is 1. The summed E-state index contributed by atoms with van der Waals surface area (Å²) in [6.45, 7) is 1.38. The molecule has 0 bridgehead atoms. The molecule has 1 saturated carbocycles. The Hall–Kier alpha value is -0.510. The van der Waals surface area contributed by atoms with Gasteiger partial charge in [-0.05, 0) is 12.3 Å². The number of hydrogen-bond acceptors (Lipinski definition) is 2. The Bertz CT molecular complexity index is 182. The number of rotatable bonds is 3. The molecule has 2 atom stereocenters. The van der Waals surface area contributed by atoms with E-state index < -0.39 is 13.0 Å². The molecule has 0 spiro atoms. The number of Topliss-reactive ketones (excluding diaryl/α,β-unsaturated/α-hetero) is 1. The van der Waals surface area contributed by atoms with Crippen LogP contribution in [0.4, 0.5) is 8.78 Å². The third kappa shape index (κ3) is 3.38. The summed E-state index contributed by atoms with van der Waals surface area (Å²) in [4.78, 5) is 11.0. The molecule has 0 radical (unpaired) electrons. The van der Waals surface area contributed by atoms with Gasteiger partial charge in [-0.2, -0.15) is 0 Å². The summed E-state index contributed by atoms with van der Waals surface area (Å²) < 4.78 is 28.6. The third-order valence-corrected chi connectivity index (χ3v) is 2.38. The topological polar surface area (TPSA) is 26.3 Å². The van der Waals surface area contributed by atoms with Crippen LogP contribution in [0, 0.1) is 5.92 Å². The Morgan fingerprint density at radius 1 is 1.62 bits per heavy atom. The number of carbonyl (C=O) groups is 1. The number of alkyl halides is 2. The predicted molar refractivity (Wildman–Crippen MR) is 43.8 cm³/mol. The summed E-state index contributed by atoms with van der Waals surface area (Å²) in [6, 6.07) is 0. The average Bonchev–Trinajstić information content (AvgIpc) is 2.06. The lowest BCUT2D eigenvalue weighted by Gasteiger charge is -2.27. The van der Waals surface area contributed by atoms with Crippen LogP contribution >= 0.6 is 0 Å². The first-order valence-electron chi connectivity index (χ1n) is 4.51. The minimum atomic E-state index is -2.44. The van der Waals surface area contributed by atoms with E-state index in [4.69, 9.17) is 4.74 Å². The lowest BCUT2D eigenvalue weighted by molar-refractivity contribution is -0.129. The maximum absolute atomic E-state index is 11.8. The van der Waals surface area contributed by atoms with Crippen LogP contribution in [0.15, 0.2) is 0 Å². The molecule has 76 valence electrons. The van der Waals surface area contributed by atoms with Crippen LogP contribution in [0.1, 0.15) is 26.2 Å². The Morgan fingerprint density at radius 2 is 2.31 bits per heavy atom. The minimum absolute atomic E-state index is 0.123. The minimum Gasteiger partial charge on any atom is -0.372 e. The van der Waals surface area contributed by atoms with Crippen LogP contribution in [0.3, 0.4) is 0 Å². The van der Waals surface area contributed by atoms with Crippen LogP contribution in [0.2, 0.25) is 0 Å². The van der Waals surface area contributed by atoms with Crippen molar-refractivity contribution in [2.45, 2.75) is 38.7 Å². The van der Waals surface area contributed by atoms with E-state index in [1.54, 1.807) is 0 Å².